The van der Waals surface area contributed by atoms with Crippen LogP contribution in [0.25, 0.3) is 0 Å². The van der Waals surface area contributed by atoms with Crippen molar-refractivity contribution >= 4 is 33.4 Å². The van der Waals surface area contributed by atoms with Crippen molar-refractivity contribution in [2.24, 2.45) is 0 Å². The molecule has 3 aromatic carbocycles. The lowest BCUT2D eigenvalue weighted by Gasteiger charge is -2.33. The van der Waals surface area contributed by atoms with E-state index in [4.69, 9.17) is 11.6 Å². The van der Waals surface area contributed by atoms with Gasteiger partial charge in [-0.2, -0.15) is 0 Å². The first-order valence-electron chi connectivity index (χ1n) is 14.1. The third-order valence-electron chi connectivity index (χ3n) is 7.59. The third-order valence-corrected chi connectivity index (χ3v) is 9.83. The number of hydrogen-bond donors (Lipinski definition) is 1. The average Bonchev–Trinajstić information content (AvgIpc) is 3.49. The molecular formula is C32H38ClN3O4S. The molecule has 0 radical (unpaired) electrons. The van der Waals surface area contributed by atoms with Crippen LogP contribution in [-0.2, 0) is 32.6 Å². The highest BCUT2D eigenvalue weighted by Crippen LogP contribution is 2.23. The molecule has 1 aliphatic rings. The van der Waals surface area contributed by atoms with Gasteiger partial charge in [0.05, 0.1) is 4.90 Å². The zero-order chi connectivity index (χ0) is 29.2. The van der Waals surface area contributed by atoms with Gasteiger partial charge in [0.25, 0.3) is 0 Å². The summed E-state index contributed by atoms with van der Waals surface area (Å²) in [5.41, 5.74) is 1.70. The summed E-state index contributed by atoms with van der Waals surface area (Å²) in [6.45, 7) is 0.340. The topological polar surface area (TPSA) is 86.8 Å². The number of rotatable bonds is 13. The van der Waals surface area contributed by atoms with E-state index < -0.39 is 16.1 Å². The van der Waals surface area contributed by atoms with Crippen molar-refractivity contribution in [2.75, 3.05) is 13.6 Å². The summed E-state index contributed by atoms with van der Waals surface area (Å²) in [5, 5.41) is 3.72. The predicted octanol–water partition coefficient (Wildman–Crippen LogP) is 5.44. The molecule has 3 aromatic rings. The van der Waals surface area contributed by atoms with Crippen LogP contribution in [-0.4, -0.2) is 55.1 Å². The molecule has 1 unspecified atom stereocenters. The van der Waals surface area contributed by atoms with Crippen LogP contribution in [0.2, 0.25) is 5.02 Å². The summed E-state index contributed by atoms with van der Waals surface area (Å²) in [6, 6.07) is 24.6. The molecule has 0 spiro atoms. The number of halogens is 1. The van der Waals surface area contributed by atoms with Crippen LogP contribution in [0.1, 0.15) is 49.7 Å². The summed E-state index contributed by atoms with van der Waals surface area (Å²) in [7, 11) is -2.15. The minimum Gasteiger partial charge on any atom is -0.352 e. The van der Waals surface area contributed by atoms with Gasteiger partial charge in [-0.1, -0.05) is 91.2 Å². The Hall–Kier alpha value is -3.20. The first kappa shape index (κ1) is 30.8. The number of nitrogens with zero attached hydrogens (tertiary/aromatic N) is 2. The van der Waals surface area contributed by atoms with Gasteiger partial charge in [0.2, 0.25) is 21.8 Å². The molecule has 218 valence electrons. The smallest absolute Gasteiger partial charge is 0.243 e. The van der Waals surface area contributed by atoms with Crippen LogP contribution < -0.4 is 5.32 Å². The van der Waals surface area contributed by atoms with Crippen LogP contribution >= 0.6 is 11.6 Å². The van der Waals surface area contributed by atoms with Crippen molar-refractivity contribution in [3.63, 3.8) is 0 Å². The summed E-state index contributed by atoms with van der Waals surface area (Å²) < 4.78 is 27.2. The van der Waals surface area contributed by atoms with Gasteiger partial charge in [-0.25, -0.2) is 12.7 Å². The molecule has 0 saturated heterocycles. The highest BCUT2D eigenvalue weighted by atomic mass is 35.5. The van der Waals surface area contributed by atoms with Crippen LogP contribution in [0.3, 0.4) is 0 Å². The van der Waals surface area contributed by atoms with Crippen molar-refractivity contribution in [2.45, 2.75) is 68.5 Å². The van der Waals surface area contributed by atoms with E-state index in [-0.39, 0.29) is 42.3 Å². The van der Waals surface area contributed by atoms with Gasteiger partial charge in [-0.15, -0.1) is 0 Å². The molecule has 1 N–H and O–H groups in total. The van der Waals surface area contributed by atoms with Gasteiger partial charge in [0.1, 0.15) is 6.04 Å². The summed E-state index contributed by atoms with van der Waals surface area (Å²) in [5.74, 6) is -0.400. The first-order valence-corrected chi connectivity index (χ1v) is 16.0. The Morgan fingerprint density at radius 2 is 1.54 bits per heavy atom. The molecule has 1 atom stereocenters. The van der Waals surface area contributed by atoms with E-state index in [0.717, 1.165) is 36.8 Å². The van der Waals surface area contributed by atoms with Gasteiger partial charge in [-0.05, 0) is 48.6 Å². The number of benzene rings is 3. The molecular weight excluding hydrogens is 558 g/mol. The van der Waals surface area contributed by atoms with Gasteiger partial charge in [0.15, 0.2) is 0 Å². The van der Waals surface area contributed by atoms with Crippen LogP contribution in [0, 0.1) is 0 Å². The van der Waals surface area contributed by atoms with Crippen molar-refractivity contribution in [3.8, 4) is 0 Å². The Morgan fingerprint density at radius 3 is 2.20 bits per heavy atom. The molecule has 2 amide bonds. The van der Waals surface area contributed by atoms with Gasteiger partial charge >= 0.3 is 0 Å². The maximum Gasteiger partial charge on any atom is 0.243 e. The zero-order valence-corrected chi connectivity index (χ0v) is 25.0. The highest BCUT2D eigenvalue weighted by molar-refractivity contribution is 7.89. The molecule has 1 saturated carbocycles. The van der Waals surface area contributed by atoms with Crippen molar-refractivity contribution in [1.29, 1.82) is 0 Å². The lowest BCUT2D eigenvalue weighted by molar-refractivity contribution is -0.141. The standard InChI is InChI=1S/C32H38ClN3O4S/c1-35(41(39,40)28-18-6-3-7-19-28)22-12-21-31(37)36(24-26-15-8-11-20-29(26)33)30(23-25-13-4-2-5-14-25)32(38)34-27-16-9-10-17-27/h2-8,11,13-15,18-20,27,30H,9-10,12,16-17,21-24H2,1H3,(H,34,38). The normalized spacial score (nSPS) is 14.6. The molecule has 41 heavy (non-hydrogen) atoms. The Kier molecular flexibility index (Phi) is 11.0. The maximum absolute atomic E-state index is 13.9. The summed E-state index contributed by atoms with van der Waals surface area (Å²) >= 11 is 6.50. The van der Waals surface area contributed by atoms with Gasteiger partial charge in [-0.3, -0.25) is 9.59 Å². The number of hydrogen-bond acceptors (Lipinski definition) is 4. The van der Waals surface area contributed by atoms with E-state index in [1.54, 1.807) is 41.3 Å². The second kappa shape index (κ2) is 14.6. The van der Waals surface area contributed by atoms with Gasteiger partial charge in [0, 0.05) is 44.0 Å². The van der Waals surface area contributed by atoms with Crippen molar-refractivity contribution in [3.05, 3.63) is 101 Å². The fourth-order valence-corrected chi connectivity index (χ4v) is 6.65. The zero-order valence-electron chi connectivity index (χ0n) is 23.4. The van der Waals surface area contributed by atoms with E-state index in [1.165, 1.54) is 11.4 Å². The molecule has 7 nitrogen and oxygen atoms in total. The maximum atomic E-state index is 13.9. The average molecular weight is 596 g/mol. The summed E-state index contributed by atoms with van der Waals surface area (Å²) in [4.78, 5) is 29.5. The first-order chi connectivity index (χ1) is 19.8. The van der Waals surface area contributed by atoms with Crippen molar-refractivity contribution < 1.29 is 18.0 Å². The molecule has 4 rings (SSSR count). The Morgan fingerprint density at radius 1 is 0.927 bits per heavy atom. The van der Waals surface area contributed by atoms with E-state index in [0.29, 0.717) is 17.9 Å². The molecule has 0 aliphatic heterocycles. The number of nitrogens with one attached hydrogen (secondary N) is 1. The lowest BCUT2D eigenvalue weighted by Crippen LogP contribution is -2.52. The van der Waals surface area contributed by atoms with E-state index >= 15 is 0 Å². The Balaban J connectivity index is 1.55. The minimum atomic E-state index is -3.67. The lowest BCUT2D eigenvalue weighted by atomic mass is 10.0. The predicted molar refractivity (Wildman–Crippen MR) is 162 cm³/mol. The SMILES string of the molecule is CN(CCCC(=O)N(Cc1ccccc1Cl)C(Cc1ccccc1)C(=O)NC1CCCC1)S(=O)(=O)c1ccccc1. The molecule has 0 heterocycles. The van der Waals surface area contributed by atoms with Crippen LogP contribution in [0.15, 0.2) is 89.8 Å². The number of carbonyl (C=O) groups is 2. The highest BCUT2D eigenvalue weighted by Gasteiger charge is 2.32. The van der Waals surface area contributed by atoms with Crippen molar-refractivity contribution in [1.82, 2.24) is 14.5 Å². The largest absolute Gasteiger partial charge is 0.352 e. The molecule has 1 aliphatic carbocycles. The number of sulfonamides is 1. The second-order valence-corrected chi connectivity index (χ2v) is 13.0. The molecule has 9 heteroatoms. The summed E-state index contributed by atoms with van der Waals surface area (Å²) in [6.07, 6.45) is 4.78. The Labute approximate surface area is 248 Å². The minimum absolute atomic E-state index is 0.0844. The second-order valence-electron chi connectivity index (χ2n) is 10.6. The number of carbonyl (C=O) groups excluding carboxylic acids is 2. The van der Waals surface area contributed by atoms with Crippen LogP contribution in [0.4, 0.5) is 0 Å². The molecule has 1 fully saturated rings. The van der Waals surface area contributed by atoms with E-state index in [2.05, 4.69) is 5.32 Å². The van der Waals surface area contributed by atoms with E-state index in [9.17, 15) is 18.0 Å². The molecule has 0 aromatic heterocycles. The number of amides is 2. The third kappa shape index (κ3) is 8.41. The fraction of sp³-hybridized carbons (Fsp3) is 0.375. The van der Waals surface area contributed by atoms with E-state index in [1.807, 2.05) is 48.5 Å². The van der Waals surface area contributed by atoms with Crippen LogP contribution in [0.5, 0.6) is 0 Å². The monoisotopic (exact) mass is 595 g/mol. The van der Waals surface area contributed by atoms with Gasteiger partial charge < -0.3 is 10.2 Å². The fourth-order valence-electron chi connectivity index (χ4n) is 5.22. The molecule has 0 bridgehead atoms. The Bertz CT molecular complexity index is 1400. The quantitative estimate of drug-likeness (QED) is 0.285.